The number of imidazole rings is 1. The van der Waals surface area contributed by atoms with Gasteiger partial charge in [-0.2, -0.15) is 0 Å². The van der Waals surface area contributed by atoms with Crippen molar-refractivity contribution in [2.24, 2.45) is 0 Å². The lowest BCUT2D eigenvalue weighted by Crippen LogP contribution is -2.38. The van der Waals surface area contributed by atoms with Gasteiger partial charge in [-0.25, -0.2) is 24.7 Å². The Morgan fingerprint density at radius 2 is 1.67 bits per heavy atom. The van der Waals surface area contributed by atoms with Crippen LogP contribution in [0.15, 0.2) is 66.0 Å². The molecule has 0 bridgehead atoms. The fourth-order valence-corrected chi connectivity index (χ4v) is 5.30. The Labute approximate surface area is 251 Å². The van der Waals surface area contributed by atoms with Crippen molar-refractivity contribution in [1.29, 1.82) is 0 Å². The minimum Gasteiger partial charge on any atom is -0.489 e. The Balaban J connectivity index is 0.00000180. The van der Waals surface area contributed by atoms with Crippen LogP contribution < -0.4 is 20.9 Å². The summed E-state index contributed by atoms with van der Waals surface area (Å²) < 4.78 is 15.5. The van der Waals surface area contributed by atoms with Gasteiger partial charge in [0.2, 0.25) is 0 Å². The highest BCUT2D eigenvalue weighted by atomic mass is 16.5. The summed E-state index contributed by atoms with van der Waals surface area (Å²) in [6.07, 6.45) is 6.84. The summed E-state index contributed by atoms with van der Waals surface area (Å²) in [4.78, 5) is 33.1. The third-order valence-corrected chi connectivity index (χ3v) is 7.24. The molecule has 2 aromatic carbocycles. The van der Waals surface area contributed by atoms with Gasteiger partial charge in [-0.3, -0.25) is 9.13 Å². The largest absolute Gasteiger partial charge is 0.489 e. The number of aromatic nitrogens is 6. The van der Waals surface area contributed by atoms with Crippen LogP contribution in [0.2, 0.25) is 0 Å². The molecule has 4 heterocycles. The van der Waals surface area contributed by atoms with Crippen LogP contribution in [0.25, 0.3) is 16.9 Å². The van der Waals surface area contributed by atoms with Gasteiger partial charge in [-0.1, -0.05) is 13.8 Å². The van der Waals surface area contributed by atoms with Crippen LogP contribution in [0.4, 0.5) is 5.82 Å². The van der Waals surface area contributed by atoms with Crippen LogP contribution >= 0.6 is 0 Å². The number of piperidine rings is 1. The van der Waals surface area contributed by atoms with E-state index in [9.17, 15) is 4.79 Å². The van der Waals surface area contributed by atoms with Crippen LogP contribution in [0.5, 0.6) is 17.2 Å². The van der Waals surface area contributed by atoms with Gasteiger partial charge in [0.05, 0.1) is 11.7 Å². The van der Waals surface area contributed by atoms with E-state index >= 15 is 0 Å². The number of hydrogen-bond donors (Lipinski definition) is 1. The smallest absolute Gasteiger partial charge is 0.335 e. The molecule has 6 rings (SSSR count). The van der Waals surface area contributed by atoms with Gasteiger partial charge in [0.1, 0.15) is 41.5 Å². The van der Waals surface area contributed by atoms with Crippen molar-refractivity contribution in [3.8, 4) is 22.9 Å². The number of benzene rings is 2. The molecule has 224 valence electrons. The predicted octanol–water partition coefficient (Wildman–Crippen LogP) is 5.24. The fraction of sp³-hybridized carbons (Fsp3) is 0.344. The molecule has 1 fully saturated rings. The Morgan fingerprint density at radius 3 is 2.40 bits per heavy atom. The number of hydrogen-bond acceptors (Lipinski definition) is 9. The lowest BCUT2D eigenvalue weighted by atomic mass is 10.1. The van der Waals surface area contributed by atoms with E-state index in [0.29, 0.717) is 40.7 Å². The molecule has 1 atom stereocenters. The first-order chi connectivity index (χ1) is 20.9. The lowest BCUT2D eigenvalue weighted by Gasteiger charge is -2.30. The molecule has 11 nitrogen and oxygen atoms in total. The van der Waals surface area contributed by atoms with Gasteiger partial charge in [0, 0.05) is 30.6 Å². The van der Waals surface area contributed by atoms with Crippen molar-refractivity contribution in [2.75, 3.05) is 25.9 Å². The predicted molar refractivity (Wildman–Crippen MR) is 167 cm³/mol. The SMILES string of the molecule is CC.Cc1cc(OCc2cnc(C)nc2)cc(Oc2ccc(-n3c(=O)n([C@@H]4CCCN(C)C4)c4ncnc(N)c43)cc2)c1. The molecule has 11 heteroatoms. The number of aryl methyl sites for hydroxylation is 2. The van der Waals surface area contributed by atoms with E-state index in [1.54, 1.807) is 21.5 Å². The molecule has 1 aliphatic heterocycles. The van der Waals surface area contributed by atoms with Crippen molar-refractivity contribution < 1.29 is 9.47 Å². The van der Waals surface area contributed by atoms with Crippen molar-refractivity contribution in [3.05, 3.63) is 88.6 Å². The second-order valence-corrected chi connectivity index (χ2v) is 10.5. The summed E-state index contributed by atoms with van der Waals surface area (Å²) in [5.41, 5.74) is 9.70. The van der Waals surface area contributed by atoms with Gasteiger partial charge in [-0.15, -0.1) is 0 Å². The summed E-state index contributed by atoms with van der Waals surface area (Å²) in [7, 11) is 2.07. The number of likely N-dealkylation sites (N-methyl/N-ethyl adjacent to an activating group) is 1. The van der Waals surface area contributed by atoms with Crippen molar-refractivity contribution in [3.63, 3.8) is 0 Å². The first kappa shape index (κ1) is 29.7. The third-order valence-electron chi connectivity index (χ3n) is 7.24. The van der Waals surface area contributed by atoms with Crippen molar-refractivity contribution in [1.82, 2.24) is 34.0 Å². The maximum absolute atomic E-state index is 13.8. The third kappa shape index (κ3) is 6.51. The van der Waals surface area contributed by atoms with Gasteiger partial charge >= 0.3 is 5.69 Å². The zero-order chi connectivity index (χ0) is 30.5. The molecule has 0 amide bonds. The van der Waals surface area contributed by atoms with Gasteiger partial charge in [-0.05, 0) is 82.2 Å². The Bertz CT molecular complexity index is 1750. The first-order valence-corrected chi connectivity index (χ1v) is 14.6. The van der Waals surface area contributed by atoms with Crippen molar-refractivity contribution in [2.45, 2.75) is 53.2 Å². The minimum absolute atomic E-state index is 0.0122. The molecular formula is C32H38N8O3. The monoisotopic (exact) mass is 582 g/mol. The summed E-state index contributed by atoms with van der Waals surface area (Å²) in [5.74, 6) is 2.92. The Hall–Kier alpha value is -4.77. The zero-order valence-electron chi connectivity index (χ0n) is 25.3. The number of nitrogens with two attached hydrogens (primary N) is 1. The molecular weight excluding hydrogens is 544 g/mol. The molecule has 2 N–H and O–H groups in total. The molecule has 5 aromatic rings. The second kappa shape index (κ2) is 13.0. The second-order valence-electron chi connectivity index (χ2n) is 10.5. The normalized spacial score (nSPS) is 15.1. The van der Waals surface area contributed by atoms with Crippen LogP contribution in [-0.4, -0.2) is 54.1 Å². The van der Waals surface area contributed by atoms with E-state index in [4.69, 9.17) is 15.2 Å². The minimum atomic E-state index is -0.180. The molecule has 0 spiro atoms. The number of rotatable bonds is 7. The number of anilines is 1. The first-order valence-electron chi connectivity index (χ1n) is 14.6. The molecule has 0 radical (unpaired) electrons. The number of fused-ring (bicyclic) bond motifs is 1. The van der Waals surface area contributed by atoms with Crippen LogP contribution in [0, 0.1) is 13.8 Å². The van der Waals surface area contributed by atoms with E-state index in [-0.39, 0.29) is 17.5 Å². The van der Waals surface area contributed by atoms with E-state index < -0.39 is 0 Å². The standard InChI is InChI=1S/C30H32N8O3.C2H6/c1-19-11-25(40-17-21-14-32-20(2)33-15-21)13-26(12-19)41-24-8-6-22(7-9-24)37-27-28(31)34-18-35-29(27)38(30(37)39)23-5-4-10-36(3)16-23;1-2/h6-9,11-15,18,23H,4-5,10,16-17H2,1-3H3,(H2,31,34,35);1-2H3/t23-;/m1./s1. The molecule has 0 aliphatic carbocycles. The topological polar surface area (TPSA) is 126 Å². The number of nitrogens with zero attached hydrogens (tertiary/aromatic N) is 7. The van der Waals surface area contributed by atoms with Crippen molar-refractivity contribution >= 4 is 17.0 Å². The van der Waals surface area contributed by atoms with E-state index in [0.717, 1.165) is 42.9 Å². The molecule has 43 heavy (non-hydrogen) atoms. The van der Waals surface area contributed by atoms with Gasteiger partial charge in [0.15, 0.2) is 11.5 Å². The maximum atomic E-state index is 13.8. The van der Waals surface area contributed by atoms with Gasteiger partial charge in [0.25, 0.3) is 0 Å². The fourth-order valence-electron chi connectivity index (χ4n) is 5.30. The summed E-state index contributed by atoms with van der Waals surface area (Å²) in [5, 5.41) is 0. The Kier molecular flexibility index (Phi) is 9.01. The number of nitrogen functional groups attached to an aromatic ring is 1. The highest BCUT2D eigenvalue weighted by Gasteiger charge is 2.27. The highest BCUT2D eigenvalue weighted by molar-refractivity contribution is 5.84. The zero-order valence-corrected chi connectivity index (χ0v) is 25.3. The van der Waals surface area contributed by atoms with E-state index in [1.807, 2.05) is 70.2 Å². The van der Waals surface area contributed by atoms with Crippen LogP contribution in [0.3, 0.4) is 0 Å². The van der Waals surface area contributed by atoms with Gasteiger partial charge < -0.3 is 20.1 Å². The van der Waals surface area contributed by atoms with Crippen LogP contribution in [-0.2, 0) is 6.61 Å². The average molecular weight is 583 g/mol. The molecule has 0 saturated carbocycles. The van der Waals surface area contributed by atoms with E-state index in [2.05, 4.69) is 31.9 Å². The molecule has 0 unspecified atom stereocenters. The summed E-state index contributed by atoms with van der Waals surface area (Å²) in [6, 6.07) is 13.1. The molecule has 1 aliphatic rings. The van der Waals surface area contributed by atoms with Crippen LogP contribution in [0.1, 0.15) is 49.7 Å². The lowest BCUT2D eigenvalue weighted by molar-refractivity contribution is 0.211. The Morgan fingerprint density at radius 1 is 0.953 bits per heavy atom. The number of likely N-dealkylation sites (tertiary alicyclic amines) is 1. The maximum Gasteiger partial charge on any atom is 0.335 e. The highest BCUT2D eigenvalue weighted by Crippen LogP contribution is 2.30. The quantitative estimate of drug-likeness (QED) is 0.274. The average Bonchev–Trinajstić information content (AvgIpc) is 3.31. The number of ether oxygens (including phenoxy) is 2. The molecule has 1 saturated heterocycles. The summed E-state index contributed by atoms with van der Waals surface area (Å²) >= 11 is 0. The van der Waals surface area contributed by atoms with E-state index in [1.165, 1.54) is 6.33 Å². The summed E-state index contributed by atoms with van der Waals surface area (Å²) in [6.45, 7) is 9.97. The molecule has 3 aromatic heterocycles.